The van der Waals surface area contributed by atoms with Crippen LogP contribution in [0.5, 0.6) is 0 Å². The summed E-state index contributed by atoms with van der Waals surface area (Å²) in [7, 11) is 0. The normalized spacial score (nSPS) is 25.4. The summed E-state index contributed by atoms with van der Waals surface area (Å²) in [5, 5.41) is 3.61. The van der Waals surface area contributed by atoms with E-state index in [-0.39, 0.29) is 0 Å². The Morgan fingerprint density at radius 2 is 2.27 bits per heavy atom. The fraction of sp³-hybridized carbons (Fsp3) is 1.00. The van der Waals surface area contributed by atoms with Gasteiger partial charge in [-0.15, -0.1) is 0 Å². The summed E-state index contributed by atoms with van der Waals surface area (Å²) in [6.45, 7) is 12.9. The van der Waals surface area contributed by atoms with Crippen LogP contribution in [0.1, 0.15) is 27.2 Å². The molecule has 2 atom stereocenters. The molecule has 2 unspecified atom stereocenters. The van der Waals surface area contributed by atoms with Gasteiger partial charge in [0.2, 0.25) is 0 Å². The zero-order chi connectivity index (χ0) is 11.1. The number of ether oxygens (including phenoxy) is 1. The standard InChI is InChI=1S/C12H26N2O/c1-4-11(3)12-10-14(7-6-13-12)8-9-15-5-2/h11-13H,4-10H2,1-3H3. The van der Waals surface area contributed by atoms with Gasteiger partial charge in [-0.2, -0.15) is 0 Å². The Morgan fingerprint density at radius 1 is 1.47 bits per heavy atom. The summed E-state index contributed by atoms with van der Waals surface area (Å²) >= 11 is 0. The van der Waals surface area contributed by atoms with Crippen molar-refractivity contribution < 1.29 is 4.74 Å². The largest absolute Gasteiger partial charge is 0.380 e. The number of rotatable bonds is 6. The van der Waals surface area contributed by atoms with Gasteiger partial charge >= 0.3 is 0 Å². The molecule has 0 bridgehead atoms. The fourth-order valence-electron chi connectivity index (χ4n) is 2.05. The van der Waals surface area contributed by atoms with Crippen LogP contribution in [0.2, 0.25) is 0 Å². The fourth-order valence-corrected chi connectivity index (χ4v) is 2.05. The number of nitrogens with one attached hydrogen (secondary N) is 1. The van der Waals surface area contributed by atoms with E-state index < -0.39 is 0 Å². The molecule has 0 aromatic heterocycles. The molecule has 1 fully saturated rings. The van der Waals surface area contributed by atoms with E-state index in [0.29, 0.717) is 6.04 Å². The molecule has 1 heterocycles. The van der Waals surface area contributed by atoms with Crippen LogP contribution in [0.4, 0.5) is 0 Å². The average molecular weight is 214 g/mol. The molecule has 0 spiro atoms. The summed E-state index contributed by atoms with van der Waals surface area (Å²) in [5.74, 6) is 0.778. The summed E-state index contributed by atoms with van der Waals surface area (Å²) in [6.07, 6.45) is 1.26. The zero-order valence-corrected chi connectivity index (χ0v) is 10.5. The molecule has 3 nitrogen and oxygen atoms in total. The molecule has 0 saturated carbocycles. The number of hydrogen-bond donors (Lipinski definition) is 1. The third-order valence-electron chi connectivity index (χ3n) is 3.38. The SMILES string of the molecule is CCOCCN1CCNC(C(C)CC)C1. The highest BCUT2D eigenvalue weighted by Gasteiger charge is 2.22. The molecule has 3 heteroatoms. The lowest BCUT2D eigenvalue weighted by Gasteiger charge is -2.36. The lowest BCUT2D eigenvalue weighted by Crippen LogP contribution is -2.53. The van der Waals surface area contributed by atoms with E-state index in [4.69, 9.17) is 4.74 Å². The summed E-state index contributed by atoms with van der Waals surface area (Å²) < 4.78 is 5.40. The van der Waals surface area contributed by atoms with Crippen LogP contribution in [0.3, 0.4) is 0 Å². The first-order valence-electron chi connectivity index (χ1n) is 6.31. The minimum absolute atomic E-state index is 0.672. The smallest absolute Gasteiger partial charge is 0.0593 e. The van der Waals surface area contributed by atoms with Crippen molar-refractivity contribution in [3.05, 3.63) is 0 Å². The van der Waals surface area contributed by atoms with E-state index in [1.807, 2.05) is 0 Å². The molecule has 1 aliphatic rings. The van der Waals surface area contributed by atoms with Crippen LogP contribution in [0.15, 0.2) is 0 Å². The first-order chi connectivity index (χ1) is 7.27. The Balaban J connectivity index is 2.22. The Bertz CT molecular complexity index is 164. The van der Waals surface area contributed by atoms with Crippen LogP contribution in [0.25, 0.3) is 0 Å². The number of hydrogen-bond acceptors (Lipinski definition) is 3. The summed E-state index contributed by atoms with van der Waals surface area (Å²) in [5.41, 5.74) is 0. The van der Waals surface area contributed by atoms with Gasteiger partial charge in [0.05, 0.1) is 6.61 Å². The number of piperazine rings is 1. The molecule has 1 rings (SSSR count). The Hall–Kier alpha value is -0.120. The highest BCUT2D eigenvalue weighted by atomic mass is 16.5. The van der Waals surface area contributed by atoms with E-state index >= 15 is 0 Å². The summed E-state index contributed by atoms with van der Waals surface area (Å²) in [6, 6.07) is 0.672. The van der Waals surface area contributed by atoms with Crippen LogP contribution >= 0.6 is 0 Å². The molecular formula is C12H26N2O. The van der Waals surface area contributed by atoms with Crippen molar-refractivity contribution in [2.45, 2.75) is 33.2 Å². The van der Waals surface area contributed by atoms with Crippen molar-refractivity contribution in [2.24, 2.45) is 5.92 Å². The van der Waals surface area contributed by atoms with Gasteiger partial charge in [0.1, 0.15) is 0 Å². The minimum atomic E-state index is 0.672. The topological polar surface area (TPSA) is 24.5 Å². The summed E-state index contributed by atoms with van der Waals surface area (Å²) in [4.78, 5) is 2.52. The van der Waals surface area contributed by atoms with Gasteiger partial charge in [0.25, 0.3) is 0 Å². The van der Waals surface area contributed by atoms with Crippen LogP contribution in [-0.4, -0.2) is 50.3 Å². The molecule has 1 aliphatic heterocycles. The van der Waals surface area contributed by atoms with Gasteiger partial charge < -0.3 is 10.1 Å². The van der Waals surface area contributed by atoms with Crippen molar-refractivity contribution in [2.75, 3.05) is 39.4 Å². The van der Waals surface area contributed by atoms with Gasteiger partial charge in [-0.1, -0.05) is 20.3 Å². The van der Waals surface area contributed by atoms with Crippen molar-refractivity contribution in [1.82, 2.24) is 10.2 Å². The van der Waals surface area contributed by atoms with Gasteiger partial charge in [-0.25, -0.2) is 0 Å². The van der Waals surface area contributed by atoms with Gasteiger partial charge in [0, 0.05) is 38.8 Å². The second-order valence-corrected chi connectivity index (χ2v) is 4.44. The molecule has 0 amide bonds. The third kappa shape index (κ3) is 4.49. The Labute approximate surface area is 94.2 Å². The lowest BCUT2D eigenvalue weighted by atomic mass is 9.97. The molecule has 15 heavy (non-hydrogen) atoms. The lowest BCUT2D eigenvalue weighted by molar-refractivity contribution is 0.0924. The van der Waals surface area contributed by atoms with Gasteiger partial charge in [-0.05, 0) is 12.8 Å². The third-order valence-corrected chi connectivity index (χ3v) is 3.38. The van der Waals surface area contributed by atoms with Crippen molar-refractivity contribution >= 4 is 0 Å². The van der Waals surface area contributed by atoms with Crippen molar-refractivity contribution in [3.63, 3.8) is 0 Å². The quantitative estimate of drug-likeness (QED) is 0.675. The highest BCUT2D eigenvalue weighted by molar-refractivity contribution is 4.81. The van der Waals surface area contributed by atoms with E-state index in [1.54, 1.807) is 0 Å². The molecule has 0 radical (unpaired) electrons. The van der Waals surface area contributed by atoms with E-state index in [0.717, 1.165) is 32.2 Å². The Morgan fingerprint density at radius 3 is 2.93 bits per heavy atom. The predicted octanol–water partition coefficient (Wildman–Crippen LogP) is 1.34. The Kier molecular flexibility index (Phi) is 6.22. The second kappa shape index (κ2) is 7.20. The maximum atomic E-state index is 5.40. The molecule has 1 saturated heterocycles. The van der Waals surface area contributed by atoms with Gasteiger partial charge in [0.15, 0.2) is 0 Å². The van der Waals surface area contributed by atoms with Crippen LogP contribution in [0, 0.1) is 5.92 Å². The van der Waals surface area contributed by atoms with E-state index in [2.05, 4.69) is 31.0 Å². The first kappa shape index (κ1) is 12.9. The first-order valence-corrected chi connectivity index (χ1v) is 6.31. The zero-order valence-electron chi connectivity index (χ0n) is 10.5. The maximum Gasteiger partial charge on any atom is 0.0593 e. The number of nitrogens with zero attached hydrogens (tertiary/aromatic N) is 1. The molecule has 90 valence electrons. The molecule has 1 N–H and O–H groups in total. The van der Waals surface area contributed by atoms with E-state index in [1.165, 1.54) is 19.5 Å². The second-order valence-electron chi connectivity index (χ2n) is 4.44. The molecular weight excluding hydrogens is 188 g/mol. The van der Waals surface area contributed by atoms with Crippen LogP contribution in [-0.2, 0) is 4.74 Å². The molecule has 0 aliphatic carbocycles. The van der Waals surface area contributed by atoms with Crippen molar-refractivity contribution in [1.29, 1.82) is 0 Å². The highest BCUT2D eigenvalue weighted by Crippen LogP contribution is 2.11. The molecule has 0 aromatic rings. The van der Waals surface area contributed by atoms with Crippen molar-refractivity contribution in [3.8, 4) is 0 Å². The maximum absolute atomic E-state index is 5.40. The minimum Gasteiger partial charge on any atom is -0.380 e. The average Bonchev–Trinajstić information content (AvgIpc) is 2.29. The van der Waals surface area contributed by atoms with Gasteiger partial charge in [-0.3, -0.25) is 4.90 Å². The van der Waals surface area contributed by atoms with E-state index in [9.17, 15) is 0 Å². The monoisotopic (exact) mass is 214 g/mol. The predicted molar refractivity (Wildman–Crippen MR) is 64.2 cm³/mol. The van der Waals surface area contributed by atoms with Crippen LogP contribution < -0.4 is 5.32 Å². The molecule has 0 aromatic carbocycles.